The van der Waals surface area contributed by atoms with Crippen LogP contribution in [0.1, 0.15) is 33.9 Å². The normalized spacial score (nSPS) is 17.0. The molecule has 0 amide bonds. The zero-order valence-corrected chi connectivity index (χ0v) is 18.9. The lowest BCUT2D eigenvalue weighted by atomic mass is 9.83. The second-order valence-corrected chi connectivity index (χ2v) is 8.36. The van der Waals surface area contributed by atoms with Gasteiger partial charge in [-0.15, -0.1) is 0 Å². The highest BCUT2D eigenvalue weighted by Gasteiger charge is 2.35. The molecule has 2 heterocycles. The molecular weight excluding hydrogens is 402 g/mol. The minimum absolute atomic E-state index is 0.321. The lowest BCUT2D eigenvalue weighted by Gasteiger charge is -2.42. The number of methoxy groups -OCH3 is 3. The summed E-state index contributed by atoms with van der Waals surface area (Å²) in [5, 5.41) is 0. The molecule has 0 saturated carbocycles. The van der Waals surface area contributed by atoms with Crippen molar-refractivity contribution in [2.24, 2.45) is 0 Å². The van der Waals surface area contributed by atoms with Gasteiger partial charge in [0.1, 0.15) is 6.61 Å². The van der Waals surface area contributed by atoms with E-state index >= 15 is 0 Å². The van der Waals surface area contributed by atoms with Crippen LogP contribution in [0, 0.1) is 0 Å². The molecule has 0 fully saturated rings. The second kappa shape index (κ2) is 8.75. The molecule has 0 saturated heterocycles. The van der Waals surface area contributed by atoms with Gasteiger partial charge in [-0.25, -0.2) is 0 Å². The number of nitrogens with zero attached hydrogens (tertiary/aromatic N) is 1. The van der Waals surface area contributed by atoms with E-state index in [1.165, 1.54) is 22.3 Å². The van der Waals surface area contributed by atoms with Gasteiger partial charge in [0.2, 0.25) is 0 Å². The molecular formula is C27H29NO4. The Labute approximate surface area is 189 Å². The molecule has 2 aliphatic heterocycles. The fourth-order valence-electron chi connectivity index (χ4n) is 5.00. The molecule has 1 unspecified atom stereocenters. The summed E-state index contributed by atoms with van der Waals surface area (Å²) in [5.74, 6) is 3.26. The Hall–Kier alpha value is -3.18. The third-order valence-corrected chi connectivity index (χ3v) is 6.65. The second-order valence-electron chi connectivity index (χ2n) is 8.36. The summed E-state index contributed by atoms with van der Waals surface area (Å²) in [6, 6.07) is 19.1. The molecule has 166 valence electrons. The first-order valence-electron chi connectivity index (χ1n) is 11.1. The van der Waals surface area contributed by atoms with Gasteiger partial charge in [-0.05, 0) is 53.3 Å². The number of benzene rings is 3. The summed E-state index contributed by atoms with van der Waals surface area (Å²) in [6.45, 7) is 2.39. The first-order chi connectivity index (χ1) is 15.7. The van der Waals surface area contributed by atoms with Crippen molar-refractivity contribution in [1.82, 2.24) is 4.90 Å². The van der Waals surface area contributed by atoms with Gasteiger partial charge in [-0.1, -0.05) is 36.4 Å². The van der Waals surface area contributed by atoms with Crippen LogP contribution in [-0.4, -0.2) is 32.8 Å². The molecule has 3 aromatic rings. The predicted octanol–water partition coefficient (Wildman–Crippen LogP) is 4.95. The minimum Gasteiger partial charge on any atom is -0.493 e. The third-order valence-electron chi connectivity index (χ3n) is 6.65. The van der Waals surface area contributed by atoms with Gasteiger partial charge >= 0.3 is 0 Å². The highest BCUT2D eigenvalue weighted by atomic mass is 16.5. The van der Waals surface area contributed by atoms with E-state index in [1.54, 1.807) is 21.3 Å². The molecule has 0 spiro atoms. The molecule has 2 aliphatic rings. The molecule has 3 aromatic carbocycles. The molecule has 32 heavy (non-hydrogen) atoms. The molecule has 1 atom stereocenters. The maximum Gasteiger partial charge on any atom is 0.165 e. The number of ether oxygens (including phenoxy) is 4. The van der Waals surface area contributed by atoms with Gasteiger partial charge < -0.3 is 18.9 Å². The van der Waals surface area contributed by atoms with Gasteiger partial charge in [-0.3, -0.25) is 4.90 Å². The molecule has 5 rings (SSSR count). The van der Waals surface area contributed by atoms with Crippen LogP contribution >= 0.6 is 0 Å². The van der Waals surface area contributed by atoms with Crippen LogP contribution in [0.15, 0.2) is 54.6 Å². The Balaban J connectivity index is 1.45. The van der Waals surface area contributed by atoms with E-state index in [0.717, 1.165) is 54.5 Å². The van der Waals surface area contributed by atoms with E-state index in [-0.39, 0.29) is 0 Å². The first kappa shape index (κ1) is 20.7. The topological polar surface area (TPSA) is 40.2 Å². The zero-order chi connectivity index (χ0) is 22.1. The molecule has 5 heteroatoms. The molecule has 0 radical (unpaired) electrons. The van der Waals surface area contributed by atoms with Crippen LogP contribution in [0.3, 0.4) is 0 Å². The number of hydrogen-bond acceptors (Lipinski definition) is 5. The van der Waals surface area contributed by atoms with Crippen LogP contribution in [0.4, 0.5) is 0 Å². The number of hydrogen-bond donors (Lipinski definition) is 0. The SMILES string of the molecule is COc1cc2c(cc1OCc1ccccc1)CCN1Cc3c(ccc(OC)c3OC)CC21. The van der Waals surface area contributed by atoms with Crippen molar-refractivity contribution < 1.29 is 18.9 Å². The molecule has 5 nitrogen and oxygen atoms in total. The van der Waals surface area contributed by atoms with Crippen molar-refractivity contribution in [2.45, 2.75) is 32.0 Å². The fourth-order valence-corrected chi connectivity index (χ4v) is 5.00. The van der Waals surface area contributed by atoms with Crippen molar-refractivity contribution in [3.8, 4) is 23.0 Å². The highest BCUT2D eigenvalue weighted by Crippen LogP contribution is 2.45. The van der Waals surface area contributed by atoms with Gasteiger partial charge in [0, 0.05) is 24.7 Å². The van der Waals surface area contributed by atoms with E-state index < -0.39 is 0 Å². The predicted molar refractivity (Wildman–Crippen MR) is 124 cm³/mol. The van der Waals surface area contributed by atoms with Crippen molar-refractivity contribution in [1.29, 1.82) is 0 Å². The quantitative estimate of drug-likeness (QED) is 0.553. The van der Waals surface area contributed by atoms with E-state index in [0.29, 0.717) is 12.6 Å². The van der Waals surface area contributed by atoms with Crippen LogP contribution < -0.4 is 18.9 Å². The Bertz CT molecular complexity index is 1110. The lowest BCUT2D eigenvalue weighted by molar-refractivity contribution is 0.157. The van der Waals surface area contributed by atoms with Crippen molar-refractivity contribution in [3.05, 3.63) is 82.4 Å². The standard InChI is InChI=1S/C27H29NO4/c1-29-24-10-9-19-13-23-21-15-25(30-2)26(32-17-18-7-5-4-6-8-18)14-20(21)11-12-28(23)16-22(19)27(24)31-3/h4-10,14-15,23H,11-13,16-17H2,1-3H3. The largest absolute Gasteiger partial charge is 0.493 e. The molecule has 0 N–H and O–H groups in total. The monoisotopic (exact) mass is 431 g/mol. The van der Waals surface area contributed by atoms with Crippen LogP contribution in [0.2, 0.25) is 0 Å². The Morgan fingerprint density at radius 3 is 2.41 bits per heavy atom. The Morgan fingerprint density at radius 1 is 0.844 bits per heavy atom. The molecule has 0 bridgehead atoms. The summed E-state index contributed by atoms with van der Waals surface area (Å²) in [5.41, 5.74) is 6.38. The van der Waals surface area contributed by atoms with E-state index in [1.807, 2.05) is 24.3 Å². The van der Waals surface area contributed by atoms with Gasteiger partial charge in [0.05, 0.1) is 21.3 Å². The number of fused-ring (bicyclic) bond motifs is 4. The van der Waals surface area contributed by atoms with Crippen molar-refractivity contribution in [3.63, 3.8) is 0 Å². The summed E-state index contributed by atoms with van der Waals surface area (Å²) >= 11 is 0. The molecule has 0 aromatic heterocycles. The summed E-state index contributed by atoms with van der Waals surface area (Å²) in [4.78, 5) is 2.54. The van der Waals surface area contributed by atoms with Gasteiger partial charge in [0.25, 0.3) is 0 Å². The van der Waals surface area contributed by atoms with Gasteiger partial charge in [0.15, 0.2) is 23.0 Å². The van der Waals surface area contributed by atoms with Crippen LogP contribution in [-0.2, 0) is 26.0 Å². The smallest absolute Gasteiger partial charge is 0.165 e. The van der Waals surface area contributed by atoms with E-state index in [2.05, 4.69) is 35.2 Å². The zero-order valence-electron chi connectivity index (χ0n) is 18.9. The molecule has 0 aliphatic carbocycles. The first-order valence-corrected chi connectivity index (χ1v) is 11.1. The summed E-state index contributed by atoms with van der Waals surface area (Å²) in [7, 11) is 5.12. The number of rotatable bonds is 6. The minimum atomic E-state index is 0.321. The van der Waals surface area contributed by atoms with Crippen molar-refractivity contribution in [2.75, 3.05) is 27.9 Å². The van der Waals surface area contributed by atoms with Crippen LogP contribution in [0.25, 0.3) is 0 Å². The maximum atomic E-state index is 6.16. The van der Waals surface area contributed by atoms with E-state index in [9.17, 15) is 0 Å². The van der Waals surface area contributed by atoms with Crippen LogP contribution in [0.5, 0.6) is 23.0 Å². The van der Waals surface area contributed by atoms with Gasteiger partial charge in [-0.2, -0.15) is 0 Å². The maximum absolute atomic E-state index is 6.16. The lowest BCUT2D eigenvalue weighted by Crippen LogP contribution is -2.39. The Kier molecular flexibility index (Phi) is 5.66. The average Bonchev–Trinajstić information content (AvgIpc) is 2.85. The van der Waals surface area contributed by atoms with E-state index in [4.69, 9.17) is 18.9 Å². The Morgan fingerprint density at radius 2 is 1.66 bits per heavy atom. The average molecular weight is 432 g/mol. The third kappa shape index (κ3) is 3.67. The summed E-state index contributed by atoms with van der Waals surface area (Å²) < 4.78 is 23.1. The van der Waals surface area contributed by atoms with Crippen molar-refractivity contribution >= 4 is 0 Å². The summed E-state index contributed by atoms with van der Waals surface area (Å²) in [6.07, 6.45) is 1.93. The highest BCUT2D eigenvalue weighted by molar-refractivity contribution is 5.54. The fraction of sp³-hybridized carbons (Fsp3) is 0.333.